The van der Waals surface area contributed by atoms with Gasteiger partial charge in [0.15, 0.2) is 6.61 Å². The van der Waals surface area contributed by atoms with Crippen molar-refractivity contribution in [3.63, 3.8) is 0 Å². The van der Waals surface area contributed by atoms with E-state index >= 15 is 0 Å². The van der Waals surface area contributed by atoms with Gasteiger partial charge in [0.05, 0.1) is 11.6 Å². The van der Waals surface area contributed by atoms with Crippen molar-refractivity contribution in [1.29, 1.82) is 0 Å². The molecule has 0 aliphatic rings. The van der Waals surface area contributed by atoms with E-state index in [1.54, 1.807) is 19.2 Å². The molecule has 2 aromatic carbocycles. The number of carbonyl (C=O) groups is 2. The predicted molar refractivity (Wildman–Crippen MR) is 94.8 cm³/mol. The fourth-order valence-electron chi connectivity index (χ4n) is 1.87. The third-order valence-electron chi connectivity index (χ3n) is 3.21. The molecule has 1 N–H and O–H groups in total. The molecular weight excluding hydrogens is 351 g/mol. The Morgan fingerprint density at radius 2 is 1.83 bits per heavy atom. The molecule has 0 atom stereocenters. The maximum Gasteiger partial charge on any atom is 0.258 e. The number of nitrogens with one attached hydrogen (secondary N) is 1. The molecule has 0 fully saturated rings. The van der Waals surface area contributed by atoms with Crippen LogP contribution in [0, 0.1) is 0 Å². The van der Waals surface area contributed by atoms with Crippen LogP contribution in [0.2, 0.25) is 10.0 Å². The maximum absolute atomic E-state index is 12.0. The third kappa shape index (κ3) is 5.15. The van der Waals surface area contributed by atoms with Crippen molar-refractivity contribution in [2.75, 3.05) is 25.1 Å². The molecule has 0 spiro atoms. The fourth-order valence-corrected chi connectivity index (χ4v) is 2.34. The number of anilines is 1. The van der Waals surface area contributed by atoms with E-state index < -0.39 is 5.91 Å². The minimum atomic E-state index is -0.421. The van der Waals surface area contributed by atoms with Gasteiger partial charge < -0.3 is 15.0 Å². The minimum absolute atomic E-state index is 0.123. The van der Waals surface area contributed by atoms with Crippen LogP contribution in [0.25, 0.3) is 0 Å². The number of rotatable bonds is 6. The van der Waals surface area contributed by atoms with E-state index in [1.165, 1.54) is 11.0 Å². The number of likely N-dealkylation sites (N-methyl/N-ethyl adjacent to an activating group) is 1. The van der Waals surface area contributed by atoms with Gasteiger partial charge in [-0.1, -0.05) is 41.4 Å². The molecule has 0 aliphatic heterocycles. The van der Waals surface area contributed by atoms with Gasteiger partial charge in [-0.25, -0.2) is 0 Å². The second kappa shape index (κ2) is 8.57. The van der Waals surface area contributed by atoms with Crippen LogP contribution in [0.4, 0.5) is 5.69 Å². The highest BCUT2D eigenvalue weighted by molar-refractivity contribution is 6.35. The van der Waals surface area contributed by atoms with E-state index in [0.717, 1.165) is 5.69 Å². The second-order valence-electron chi connectivity index (χ2n) is 4.93. The van der Waals surface area contributed by atoms with E-state index in [0.29, 0.717) is 15.8 Å². The summed E-state index contributed by atoms with van der Waals surface area (Å²) in [5.74, 6) is -0.307. The van der Waals surface area contributed by atoms with Crippen LogP contribution in [0.15, 0.2) is 48.5 Å². The Bertz CT molecular complexity index is 723. The quantitative estimate of drug-likeness (QED) is 0.853. The molecule has 0 aromatic heterocycles. The van der Waals surface area contributed by atoms with Crippen molar-refractivity contribution < 1.29 is 14.3 Å². The molecule has 0 radical (unpaired) electrons. The summed E-state index contributed by atoms with van der Waals surface area (Å²) in [6.07, 6.45) is 0. The average molecular weight is 367 g/mol. The number of benzene rings is 2. The molecular formula is C17H16Cl2N2O3. The van der Waals surface area contributed by atoms with Gasteiger partial charge in [0, 0.05) is 17.8 Å². The number of halogens is 2. The van der Waals surface area contributed by atoms with Crippen molar-refractivity contribution >= 4 is 40.7 Å². The number of ether oxygens (including phenoxy) is 1. The third-order valence-corrected chi connectivity index (χ3v) is 3.74. The number of para-hydroxylation sites is 1. The van der Waals surface area contributed by atoms with Crippen LogP contribution in [-0.2, 0) is 9.59 Å². The summed E-state index contributed by atoms with van der Waals surface area (Å²) in [6.45, 7) is -0.369. The average Bonchev–Trinajstić information content (AvgIpc) is 2.59. The van der Waals surface area contributed by atoms with E-state index in [-0.39, 0.29) is 19.1 Å². The molecule has 0 bridgehead atoms. The number of hydrogen-bond donors (Lipinski definition) is 1. The molecule has 0 saturated heterocycles. The first-order valence-electron chi connectivity index (χ1n) is 7.13. The molecule has 2 aromatic rings. The molecule has 5 nitrogen and oxygen atoms in total. The number of hydrogen-bond acceptors (Lipinski definition) is 3. The first kappa shape index (κ1) is 18.1. The zero-order chi connectivity index (χ0) is 17.5. The topological polar surface area (TPSA) is 58.6 Å². The van der Waals surface area contributed by atoms with Crippen molar-refractivity contribution in [1.82, 2.24) is 5.32 Å². The summed E-state index contributed by atoms with van der Waals surface area (Å²) < 4.78 is 5.30. The Morgan fingerprint density at radius 1 is 1.12 bits per heavy atom. The van der Waals surface area contributed by atoms with Gasteiger partial charge in [0.25, 0.3) is 5.91 Å². The first-order valence-corrected chi connectivity index (χ1v) is 7.89. The monoisotopic (exact) mass is 366 g/mol. The molecule has 0 saturated carbocycles. The van der Waals surface area contributed by atoms with Crippen LogP contribution >= 0.6 is 23.2 Å². The maximum atomic E-state index is 12.0. The van der Waals surface area contributed by atoms with Crippen molar-refractivity contribution in [2.24, 2.45) is 0 Å². The molecule has 2 rings (SSSR count). The lowest BCUT2D eigenvalue weighted by Gasteiger charge is -2.17. The SMILES string of the molecule is CN(C(=O)CNC(=O)COc1ccc(Cl)cc1Cl)c1ccccc1. The van der Waals surface area contributed by atoms with Crippen LogP contribution in [-0.4, -0.2) is 32.0 Å². The van der Waals surface area contributed by atoms with E-state index in [9.17, 15) is 9.59 Å². The Hall–Kier alpha value is -2.24. The number of amides is 2. The van der Waals surface area contributed by atoms with Gasteiger partial charge in [0.1, 0.15) is 5.75 Å². The Labute approximate surface area is 150 Å². The second-order valence-corrected chi connectivity index (χ2v) is 5.77. The first-order chi connectivity index (χ1) is 11.5. The van der Waals surface area contributed by atoms with Crippen LogP contribution in [0.5, 0.6) is 5.75 Å². The zero-order valence-electron chi connectivity index (χ0n) is 13.0. The van der Waals surface area contributed by atoms with Gasteiger partial charge in [0.2, 0.25) is 5.91 Å². The van der Waals surface area contributed by atoms with Gasteiger partial charge in [-0.2, -0.15) is 0 Å². The summed E-state index contributed by atoms with van der Waals surface area (Å²) in [5.41, 5.74) is 0.751. The highest BCUT2D eigenvalue weighted by atomic mass is 35.5. The minimum Gasteiger partial charge on any atom is -0.482 e. The largest absolute Gasteiger partial charge is 0.482 e. The smallest absolute Gasteiger partial charge is 0.258 e. The molecule has 24 heavy (non-hydrogen) atoms. The van der Waals surface area contributed by atoms with Gasteiger partial charge in [-0.05, 0) is 30.3 Å². The van der Waals surface area contributed by atoms with E-state index in [1.807, 2.05) is 30.3 Å². The Kier molecular flexibility index (Phi) is 6.46. The molecule has 0 heterocycles. The summed E-state index contributed by atoms with van der Waals surface area (Å²) in [6, 6.07) is 13.9. The standard InChI is InChI=1S/C17H16Cl2N2O3/c1-21(13-5-3-2-4-6-13)17(23)10-20-16(22)11-24-15-8-7-12(18)9-14(15)19/h2-9H,10-11H2,1H3,(H,20,22). The van der Waals surface area contributed by atoms with Crippen molar-refractivity contribution in [3.05, 3.63) is 58.6 Å². The Morgan fingerprint density at radius 3 is 2.50 bits per heavy atom. The summed E-state index contributed by atoms with van der Waals surface area (Å²) in [7, 11) is 1.65. The molecule has 0 unspecified atom stereocenters. The normalized spacial score (nSPS) is 10.1. The Balaban J connectivity index is 1.79. The molecule has 2 amide bonds. The lowest BCUT2D eigenvalue weighted by Crippen LogP contribution is -2.39. The zero-order valence-corrected chi connectivity index (χ0v) is 14.5. The lowest BCUT2D eigenvalue weighted by molar-refractivity contribution is -0.126. The van der Waals surface area contributed by atoms with Crippen LogP contribution in [0.3, 0.4) is 0 Å². The highest BCUT2D eigenvalue weighted by Crippen LogP contribution is 2.27. The summed E-state index contributed by atoms with van der Waals surface area (Å²) in [4.78, 5) is 25.3. The lowest BCUT2D eigenvalue weighted by atomic mass is 10.3. The summed E-state index contributed by atoms with van der Waals surface area (Å²) >= 11 is 11.7. The number of nitrogens with zero attached hydrogens (tertiary/aromatic N) is 1. The summed E-state index contributed by atoms with van der Waals surface area (Å²) in [5, 5.41) is 3.30. The highest BCUT2D eigenvalue weighted by Gasteiger charge is 2.12. The van der Waals surface area contributed by atoms with Gasteiger partial charge >= 0.3 is 0 Å². The van der Waals surface area contributed by atoms with Crippen molar-refractivity contribution in [3.8, 4) is 5.75 Å². The fraction of sp³-hybridized carbons (Fsp3) is 0.176. The van der Waals surface area contributed by atoms with E-state index in [2.05, 4.69) is 5.32 Å². The predicted octanol–water partition coefficient (Wildman–Crippen LogP) is 3.15. The van der Waals surface area contributed by atoms with Crippen LogP contribution in [0.1, 0.15) is 0 Å². The van der Waals surface area contributed by atoms with Crippen molar-refractivity contribution in [2.45, 2.75) is 0 Å². The van der Waals surface area contributed by atoms with E-state index in [4.69, 9.17) is 27.9 Å². The molecule has 7 heteroatoms. The van der Waals surface area contributed by atoms with Gasteiger partial charge in [-0.3, -0.25) is 9.59 Å². The van der Waals surface area contributed by atoms with Crippen LogP contribution < -0.4 is 15.0 Å². The molecule has 126 valence electrons. The molecule has 0 aliphatic carbocycles. The number of carbonyl (C=O) groups excluding carboxylic acids is 2. The van der Waals surface area contributed by atoms with Gasteiger partial charge in [-0.15, -0.1) is 0 Å².